The number of nitrogens with one attached hydrogen (secondary N) is 1. The van der Waals surface area contributed by atoms with E-state index in [2.05, 4.69) is 21.2 Å². The molecule has 0 aliphatic heterocycles. The van der Waals surface area contributed by atoms with Crippen LogP contribution in [0.2, 0.25) is 0 Å². The highest BCUT2D eigenvalue weighted by Gasteiger charge is 2.26. The Balaban J connectivity index is 2.91. The van der Waals surface area contributed by atoms with Crippen molar-refractivity contribution >= 4 is 33.5 Å². The fourth-order valence-corrected chi connectivity index (χ4v) is 1.77. The lowest BCUT2D eigenvalue weighted by molar-refractivity contribution is -0.145. The molecule has 0 heterocycles. The van der Waals surface area contributed by atoms with E-state index in [0.29, 0.717) is 11.3 Å². The van der Waals surface area contributed by atoms with Gasteiger partial charge in [-0.2, -0.15) is 5.26 Å². The van der Waals surface area contributed by atoms with E-state index >= 15 is 0 Å². The number of hydrogen-bond donors (Lipinski definition) is 2. The van der Waals surface area contributed by atoms with Gasteiger partial charge in [0.05, 0.1) is 17.2 Å². The molecule has 1 amide bonds. The molecule has 0 aliphatic carbocycles. The van der Waals surface area contributed by atoms with E-state index in [1.165, 1.54) is 13.8 Å². The largest absolute Gasteiger partial charge is 0.481 e. The molecule has 1 aromatic carbocycles. The van der Waals surface area contributed by atoms with Crippen LogP contribution in [-0.2, 0) is 9.59 Å². The van der Waals surface area contributed by atoms with Crippen molar-refractivity contribution < 1.29 is 14.7 Å². The third kappa shape index (κ3) is 3.80. The quantitative estimate of drug-likeness (QED) is 0.890. The zero-order valence-corrected chi connectivity index (χ0v) is 12.1. The third-order valence-corrected chi connectivity index (χ3v) is 3.41. The van der Waals surface area contributed by atoms with Crippen molar-refractivity contribution in [2.24, 2.45) is 11.8 Å². The van der Waals surface area contributed by atoms with Gasteiger partial charge >= 0.3 is 5.97 Å². The number of carbonyl (C=O) groups excluding carboxylic acids is 1. The number of anilines is 1. The van der Waals surface area contributed by atoms with Crippen molar-refractivity contribution in [1.29, 1.82) is 5.26 Å². The molecular weight excluding hydrogens is 312 g/mol. The third-order valence-electron chi connectivity index (χ3n) is 2.91. The minimum Gasteiger partial charge on any atom is -0.481 e. The molecule has 100 valence electrons. The summed E-state index contributed by atoms with van der Waals surface area (Å²) in [6.45, 7) is 3.01. The molecular formula is C13H13BrN2O3. The van der Waals surface area contributed by atoms with Crippen LogP contribution in [0.5, 0.6) is 0 Å². The Labute approximate surface area is 119 Å². The number of carboxylic acid groups (broad SMARTS) is 1. The van der Waals surface area contributed by atoms with Crippen LogP contribution in [0.1, 0.15) is 19.4 Å². The second-order valence-electron chi connectivity index (χ2n) is 4.21. The Bertz CT molecular complexity index is 551. The van der Waals surface area contributed by atoms with Crippen molar-refractivity contribution in [1.82, 2.24) is 0 Å². The molecule has 6 heteroatoms. The van der Waals surface area contributed by atoms with Gasteiger partial charge in [-0.1, -0.05) is 29.8 Å². The van der Waals surface area contributed by atoms with Crippen molar-refractivity contribution in [3.05, 3.63) is 28.2 Å². The summed E-state index contributed by atoms with van der Waals surface area (Å²) < 4.78 is 0.723. The fourth-order valence-electron chi connectivity index (χ4n) is 1.40. The first-order chi connectivity index (χ1) is 8.86. The molecule has 0 radical (unpaired) electrons. The number of hydrogen-bond acceptors (Lipinski definition) is 3. The molecule has 0 aromatic heterocycles. The summed E-state index contributed by atoms with van der Waals surface area (Å²) in [6.07, 6.45) is 0. The van der Waals surface area contributed by atoms with Crippen LogP contribution in [0.25, 0.3) is 0 Å². The van der Waals surface area contributed by atoms with Gasteiger partial charge in [0, 0.05) is 10.4 Å². The predicted octanol–water partition coefficient (Wildman–Crippen LogP) is 2.62. The van der Waals surface area contributed by atoms with Gasteiger partial charge in [0.25, 0.3) is 0 Å². The maximum atomic E-state index is 11.9. The number of carbonyl (C=O) groups is 2. The minimum atomic E-state index is -1.03. The maximum absolute atomic E-state index is 11.9. The topological polar surface area (TPSA) is 90.2 Å². The van der Waals surface area contributed by atoms with Gasteiger partial charge in [-0.05, 0) is 18.2 Å². The molecule has 0 saturated heterocycles. The minimum absolute atomic E-state index is 0.326. The van der Waals surface area contributed by atoms with Crippen molar-refractivity contribution in [2.45, 2.75) is 13.8 Å². The van der Waals surface area contributed by atoms with Gasteiger partial charge in [0.15, 0.2) is 0 Å². The van der Waals surface area contributed by atoms with Crippen LogP contribution >= 0.6 is 15.9 Å². The van der Waals surface area contributed by atoms with Crippen molar-refractivity contribution in [2.75, 3.05) is 5.32 Å². The van der Waals surface area contributed by atoms with Gasteiger partial charge < -0.3 is 10.4 Å². The monoisotopic (exact) mass is 324 g/mol. The van der Waals surface area contributed by atoms with E-state index in [9.17, 15) is 9.59 Å². The second kappa shape index (κ2) is 6.34. The zero-order chi connectivity index (χ0) is 14.6. The fraction of sp³-hybridized carbons (Fsp3) is 0.308. The molecule has 0 spiro atoms. The first-order valence-corrected chi connectivity index (χ1v) is 6.39. The van der Waals surface area contributed by atoms with Gasteiger partial charge in [-0.15, -0.1) is 0 Å². The van der Waals surface area contributed by atoms with Crippen LogP contribution in [0.4, 0.5) is 5.69 Å². The zero-order valence-electron chi connectivity index (χ0n) is 10.5. The molecule has 0 saturated carbocycles. The van der Waals surface area contributed by atoms with E-state index in [1.807, 2.05) is 6.07 Å². The molecule has 0 fully saturated rings. The first-order valence-electron chi connectivity index (χ1n) is 5.60. The molecule has 2 atom stereocenters. The van der Waals surface area contributed by atoms with E-state index < -0.39 is 23.7 Å². The highest BCUT2D eigenvalue weighted by atomic mass is 79.9. The molecule has 19 heavy (non-hydrogen) atoms. The summed E-state index contributed by atoms with van der Waals surface area (Å²) >= 11 is 3.25. The van der Waals surface area contributed by atoms with E-state index in [0.717, 1.165) is 4.47 Å². The second-order valence-corrected chi connectivity index (χ2v) is 5.12. The van der Waals surface area contributed by atoms with E-state index in [-0.39, 0.29) is 0 Å². The van der Waals surface area contributed by atoms with E-state index in [4.69, 9.17) is 10.4 Å². The smallest absolute Gasteiger partial charge is 0.307 e. The number of nitriles is 1. The SMILES string of the molecule is CC(C(=O)O)C(C)C(=O)Nc1cc(Br)ccc1C#N. The molecule has 5 nitrogen and oxygen atoms in total. The lowest BCUT2D eigenvalue weighted by atomic mass is 9.95. The summed E-state index contributed by atoms with van der Waals surface area (Å²) in [5, 5.41) is 20.4. The number of rotatable bonds is 4. The number of benzene rings is 1. The standard InChI is InChI=1S/C13H13BrN2O3/c1-7(8(2)13(18)19)12(17)16-11-5-10(14)4-3-9(11)6-15/h3-5,7-8H,1-2H3,(H,16,17)(H,18,19). The van der Waals surface area contributed by atoms with Crippen molar-refractivity contribution in [3.63, 3.8) is 0 Å². The lowest BCUT2D eigenvalue weighted by Gasteiger charge is -2.16. The summed E-state index contributed by atoms with van der Waals surface area (Å²) in [6, 6.07) is 6.84. The van der Waals surface area contributed by atoms with Gasteiger partial charge in [0.1, 0.15) is 6.07 Å². The molecule has 2 N–H and O–H groups in total. The van der Waals surface area contributed by atoms with Crippen LogP contribution in [0.3, 0.4) is 0 Å². The number of aliphatic carboxylic acids is 1. The van der Waals surface area contributed by atoms with Crippen LogP contribution in [-0.4, -0.2) is 17.0 Å². The van der Waals surface area contributed by atoms with Gasteiger partial charge in [0.2, 0.25) is 5.91 Å². The predicted molar refractivity (Wildman–Crippen MR) is 73.5 cm³/mol. The highest BCUT2D eigenvalue weighted by Crippen LogP contribution is 2.22. The first kappa shape index (κ1) is 15.2. The Morgan fingerprint density at radius 2 is 2.00 bits per heavy atom. The summed E-state index contributed by atoms with van der Waals surface area (Å²) in [7, 11) is 0. The number of carboxylic acids is 1. The number of nitrogens with zero attached hydrogens (tertiary/aromatic N) is 1. The van der Waals surface area contributed by atoms with Crippen molar-refractivity contribution in [3.8, 4) is 6.07 Å². The molecule has 2 unspecified atom stereocenters. The van der Waals surface area contributed by atoms with Crippen LogP contribution < -0.4 is 5.32 Å². The van der Waals surface area contributed by atoms with E-state index in [1.54, 1.807) is 18.2 Å². The summed E-state index contributed by atoms with van der Waals surface area (Å²) in [4.78, 5) is 22.8. The lowest BCUT2D eigenvalue weighted by Crippen LogP contribution is -2.30. The molecule has 0 aliphatic rings. The Morgan fingerprint density at radius 3 is 2.53 bits per heavy atom. The molecule has 0 bridgehead atoms. The molecule has 1 aromatic rings. The number of amides is 1. The van der Waals surface area contributed by atoms with Gasteiger partial charge in [-0.3, -0.25) is 9.59 Å². The summed E-state index contributed by atoms with van der Waals surface area (Å²) in [5.74, 6) is -2.94. The molecule has 1 rings (SSSR count). The normalized spacial score (nSPS) is 13.2. The maximum Gasteiger partial charge on any atom is 0.307 e. The Kier molecular flexibility index (Phi) is 5.07. The van der Waals surface area contributed by atoms with Gasteiger partial charge in [-0.25, -0.2) is 0 Å². The van der Waals surface area contributed by atoms with Crippen LogP contribution in [0.15, 0.2) is 22.7 Å². The summed E-state index contributed by atoms with van der Waals surface area (Å²) in [5.41, 5.74) is 0.693. The number of halogens is 1. The Morgan fingerprint density at radius 1 is 1.37 bits per heavy atom. The highest BCUT2D eigenvalue weighted by molar-refractivity contribution is 9.10. The average Bonchev–Trinajstić information content (AvgIpc) is 2.37. The Hall–Kier alpha value is -1.87. The average molecular weight is 325 g/mol. The van der Waals surface area contributed by atoms with Crippen LogP contribution in [0, 0.1) is 23.2 Å².